The van der Waals surface area contributed by atoms with Crippen molar-refractivity contribution in [3.8, 4) is 6.07 Å². The molecule has 14 heavy (non-hydrogen) atoms. The normalized spacial score (nSPS) is 12.6. The first-order valence-electron chi connectivity index (χ1n) is 4.27. The second kappa shape index (κ2) is 3.13. The molecule has 0 amide bonds. The zero-order valence-electron chi connectivity index (χ0n) is 7.69. The third-order valence-corrected chi connectivity index (χ3v) is 1.92. The number of nitrogens with zero attached hydrogens (tertiary/aromatic N) is 2. The summed E-state index contributed by atoms with van der Waals surface area (Å²) in [6, 6.07) is 6.93. The van der Waals surface area contributed by atoms with Gasteiger partial charge in [0.15, 0.2) is 5.58 Å². The van der Waals surface area contributed by atoms with Crippen molar-refractivity contribution in [3.63, 3.8) is 0 Å². The van der Waals surface area contributed by atoms with E-state index in [0.717, 1.165) is 5.52 Å². The van der Waals surface area contributed by atoms with Crippen LogP contribution in [0.1, 0.15) is 24.4 Å². The second-order valence-corrected chi connectivity index (χ2v) is 3.14. The molecule has 0 spiro atoms. The average molecular weight is 187 g/mol. The molecule has 0 fully saturated rings. The number of rotatable bonds is 1. The van der Waals surface area contributed by atoms with Crippen LogP contribution < -0.4 is 5.73 Å². The van der Waals surface area contributed by atoms with Crippen LogP contribution in [-0.4, -0.2) is 4.98 Å². The summed E-state index contributed by atoms with van der Waals surface area (Å²) >= 11 is 0. The Morgan fingerprint density at radius 1 is 1.57 bits per heavy atom. The van der Waals surface area contributed by atoms with Gasteiger partial charge in [0.1, 0.15) is 5.52 Å². The summed E-state index contributed by atoms with van der Waals surface area (Å²) in [5, 5.41) is 8.68. The summed E-state index contributed by atoms with van der Waals surface area (Å²) in [5.41, 5.74) is 7.53. The van der Waals surface area contributed by atoms with Crippen LogP contribution in [0, 0.1) is 11.3 Å². The fraction of sp³-hybridized carbons (Fsp3) is 0.200. The molecule has 0 saturated carbocycles. The summed E-state index contributed by atoms with van der Waals surface area (Å²) in [5.74, 6) is 0.495. The molecule has 4 heteroatoms. The van der Waals surface area contributed by atoms with Gasteiger partial charge in [0.25, 0.3) is 0 Å². The Bertz CT molecular complexity index is 508. The Labute approximate surface area is 81.0 Å². The predicted octanol–water partition coefficient (Wildman–Crippen LogP) is 1.72. The standard InChI is InChI=1S/C10H9N3O/c1-6(12)10-13-8-3-2-7(5-11)4-9(8)14-10/h2-4,6H,12H2,1H3/t6-/m0/s1. The first-order chi connectivity index (χ1) is 6.70. The summed E-state index contributed by atoms with van der Waals surface area (Å²) in [4.78, 5) is 4.19. The lowest BCUT2D eigenvalue weighted by Crippen LogP contribution is -2.04. The van der Waals surface area contributed by atoms with Gasteiger partial charge in [-0.1, -0.05) is 0 Å². The van der Waals surface area contributed by atoms with Crippen LogP contribution in [0.2, 0.25) is 0 Å². The molecule has 1 aromatic carbocycles. The number of hydrogen-bond acceptors (Lipinski definition) is 4. The molecule has 0 radical (unpaired) electrons. The van der Waals surface area contributed by atoms with E-state index >= 15 is 0 Å². The number of fused-ring (bicyclic) bond motifs is 1. The average Bonchev–Trinajstić information content (AvgIpc) is 2.59. The Balaban J connectivity index is 2.61. The highest BCUT2D eigenvalue weighted by Gasteiger charge is 2.09. The molecular weight excluding hydrogens is 178 g/mol. The number of hydrogen-bond donors (Lipinski definition) is 1. The highest BCUT2D eigenvalue weighted by atomic mass is 16.3. The molecule has 0 aliphatic heterocycles. The highest BCUT2D eigenvalue weighted by molar-refractivity contribution is 5.74. The second-order valence-electron chi connectivity index (χ2n) is 3.14. The molecule has 0 aliphatic rings. The van der Waals surface area contributed by atoms with Crippen LogP contribution in [0.15, 0.2) is 22.6 Å². The van der Waals surface area contributed by atoms with Crippen LogP contribution in [0.25, 0.3) is 11.1 Å². The van der Waals surface area contributed by atoms with Gasteiger partial charge < -0.3 is 10.2 Å². The van der Waals surface area contributed by atoms with Crippen LogP contribution in [0.4, 0.5) is 0 Å². The Kier molecular flexibility index (Phi) is 1.95. The van der Waals surface area contributed by atoms with Gasteiger partial charge in [-0.25, -0.2) is 4.98 Å². The van der Waals surface area contributed by atoms with E-state index in [4.69, 9.17) is 15.4 Å². The smallest absolute Gasteiger partial charge is 0.212 e. The molecule has 0 aliphatic carbocycles. The number of nitrogens with two attached hydrogens (primary N) is 1. The molecule has 2 N–H and O–H groups in total. The minimum atomic E-state index is -0.229. The third kappa shape index (κ3) is 1.34. The van der Waals surface area contributed by atoms with Crippen molar-refractivity contribution in [1.29, 1.82) is 5.26 Å². The fourth-order valence-corrected chi connectivity index (χ4v) is 1.21. The first kappa shape index (κ1) is 8.73. The van der Waals surface area contributed by atoms with Crippen LogP contribution >= 0.6 is 0 Å². The van der Waals surface area contributed by atoms with Crippen molar-refractivity contribution in [2.75, 3.05) is 0 Å². The van der Waals surface area contributed by atoms with E-state index in [9.17, 15) is 0 Å². The van der Waals surface area contributed by atoms with Crippen molar-refractivity contribution >= 4 is 11.1 Å². The maximum absolute atomic E-state index is 8.68. The van der Waals surface area contributed by atoms with Gasteiger partial charge in [-0.2, -0.15) is 5.26 Å². The van der Waals surface area contributed by atoms with Crippen LogP contribution in [0.3, 0.4) is 0 Å². The van der Waals surface area contributed by atoms with Crippen molar-refractivity contribution in [3.05, 3.63) is 29.7 Å². The number of nitriles is 1. The maximum atomic E-state index is 8.68. The molecule has 0 unspecified atom stereocenters. The topological polar surface area (TPSA) is 75.8 Å². The summed E-state index contributed by atoms with van der Waals surface area (Å²) < 4.78 is 5.38. The largest absolute Gasteiger partial charge is 0.439 e. The van der Waals surface area contributed by atoms with E-state index in [0.29, 0.717) is 17.0 Å². The molecule has 2 aromatic rings. The van der Waals surface area contributed by atoms with Crippen molar-refractivity contribution in [2.45, 2.75) is 13.0 Å². The minimum absolute atomic E-state index is 0.229. The van der Waals surface area contributed by atoms with Gasteiger partial charge in [-0.3, -0.25) is 0 Å². The Morgan fingerprint density at radius 3 is 3.00 bits per heavy atom. The van der Waals surface area contributed by atoms with Crippen molar-refractivity contribution < 1.29 is 4.42 Å². The summed E-state index contributed by atoms with van der Waals surface area (Å²) in [7, 11) is 0. The van der Waals surface area contributed by atoms with Gasteiger partial charge in [0, 0.05) is 6.07 Å². The molecule has 1 aromatic heterocycles. The minimum Gasteiger partial charge on any atom is -0.439 e. The molecular formula is C10H9N3O. The van der Waals surface area contributed by atoms with Gasteiger partial charge >= 0.3 is 0 Å². The lowest BCUT2D eigenvalue weighted by molar-refractivity contribution is 0.492. The van der Waals surface area contributed by atoms with E-state index in [1.165, 1.54) is 0 Å². The predicted molar refractivity (Wildman–Crippen MR) is 51.3 cm³/mol. The molecule has 0 bridgehead atoms. The highest BCUT2D eigenvalue weighted by Crippen LogP contribution is 2.19. The zero-order chi connectivity index (χ0) is 10.1. The SMILES string of the molecule is C[C@H](N)c1nc2ccc(C#N)cc2o1. The fourth-order valence-electron chi connectivity index (χ4n) is 1.21. The lowest BCUT2D eigenvalue weighted by Gasteiger charge is -1.94. The van der Waals surface area contributed by atoms with Gasteiger partial charge in [-0.15, -0.1) is 0 Å². The van der Waals surface area contributed by atoms with Gasteiger partial charge in [0.2, 0.25) is 5.89 Å². The zero-order valence-corrected chi connectivity index (χ0v) is 7.69. The van der Waals surface area contributed by atoms with Crippen LogP contribution in [-0.2, 0) is 0 Å². The molecule has 70 valence electrons. The maximum Gasteiger partial charge on any atom is 0.212 e. The quantitative estimate of drug-likeness (QED) is 0.737. The first-order valence-corrected chi connectivity index (χ1v) is 4.27. The number of oxazole rings is 1. The number of aromatic nitrogens is 1. The Morgan fingerprint density at radius 2 is 2.36 bits per heavy atom. The van der Waals surface area contributed by atoms with E-state index in [-0.39, 0.29) is 6.04 Å². The monoisotopic (exact) mass is 187 g/mol. The summed E-state index contributed by atoms with van der Waals surface area (Å²) in [6.07, 6.45) is 0. The lowest BCUT2D eigenvalue weighted by atomic mass is 10.2. The van der Waals surface area contributed by atoms with Gasteiger partial charge in [0.05, 0.1) is 17.7 Å². The number of benzene rings is 1. The van der Waals surface area contributed by atoms with Crippen LogP contribution in [0.5, 0.6) is 0 Å². The molecule has 1 heterocycles. The molecule has 4 nitrogen and oxygen atoms in total. The van der Waals surface area contributed by atoms with E-state index in [1.807, 2.05) is 6.07 Å². The van der Waals surface area contributed by atoms with Crippen molar-refractivity contribution in [2.24, 2.45) is 5.73 Å². The van der Waals surface area contributed by atoms with E-state index < -0.39 is 0 Å². The van der Waals surface area contributed by atoms with Gasteiger partial charge in [-0.05, 0) is 19.1 Å². The van der Waals surface area contributed by atoms with Crippen molar-refractivity contribution in [1.82, 2.24) is 4.98 Å². The van der Waals surface area contributed by atoms with E-state index in [2.05, 4.69) is 4.98 Å². The molecule has 1 atom stereocenters. The van der Waals surface area contributed by atoms with E-state index in [1.54, 1.807) is 25.1 Å². The third-order valence-electron chi connectivity index (χ3n) is 1.92. The Hall–Kier alpha value is -1.86. The summed E-state index contributed by atoms with van der Waals surface area (Å²) in [6.45, 7) is 1.80. The molecule has 2 rings (SSSR count). The molecule has 0 saturated heterocycles.